The zero-order valence-electron chi connectivity index (χ0n) is 22.5. The number of rotatable bonds is 0. The van der Waals surface area contributed by atoms with E-state index in [1.807, 2.05) is 0 Å². The van der Waals surface area contributed by atoms with Gasteiger partial charge in [-0.3, -0.25) is 19.2 Å². The Morgan fingerprint density at radius 3 is 0.524 bits per heavy atom. The normalized spacial score (nSPS) is 12.5. The van der Waals surface area contributed by atoms with Gasteiger partial charge in [0.1, 0.15) is 0 Å². The zero-order chi connectivity index (χ0) is 29.1. The second-order valence-electron chi connectivity index (χ2n) is 9.85. The summed E-state index contributed by atoms with van der Waals surface area (Å²) in [5.74, 6) is -0.256. The minimum absolute atomic E-state index is 0.0641. The molecule has 4 nitrogen and oxygen atoms in total. The van der Waals surface area contributed by atoms with Crippen LogP contribution in [-0.2, 0) is 0 Å². The van der Waals surface area contributed by atoms with E-state index in [-0.39, 0.29) is 23.1 Å². The molecule has 0 heterocycles. The van der Waals surface area contributed by atoms with Gasteiger partial charge in [-0.2, -0.15) is 0 Å². The number of fused-ring (bicyclic) bond motifs is 5. The summed E-state index contributed by atoms with van der Waals surface area (Å²) < 4.78 is 0. The first-order chi connectivity index (χ1) is 20.5. The van der Waals surface area contributed by atoms with Gasteiger partial charge in [0.2, 0.25) is 0 Å². The standard InChI is InChI=1S/2C14H8O2.C10H8/c2*15-13-9-5-1-2-6-10(9)14(16)12-8-4-3-7-11(12)13;1-2-6-10-8-4-3-7-9(10)5-1/h2*1-8H;1-8H. The van der Waals surface area contributed by atoms with Crippen LogP contribution in [0.25, 0.3) is 10.8 Å². The van der Waals surface area contributed by atoms with E-state index in [1.165, 1.54) is 10.8 Å². The maximum atomic E-state index is 12.1. The van der Waals surface area contributed by atoms with E-state index in [2.05, 4.69) is 48.5 Å². The molecule has 2 aliphatic carbocycles. The fourth-order valence-corrected chi connectivity index (χ4v) is 5.23. The van der Waals surface area contributed by atoms with Crippen LogP contribution in [0.4, 0.5) is 0 Å². The highest BCUT2D eigenvalue weighted by Gasteiger charge is 2.29. The monoisotopic (exact) mass is 544 g/mol. The van der Waals surface area contributed by atoms with Crippen LogP contribution in [0.1, 0.15) is 63.7 Å². The molecule has 0 saturated heterocycles. The maximum Gasteiger partial charge on any atom is 0.194 e. The summed E-state index contributed by atoms with van der Waals surface area (Å²) >= 11 is 0. The van der Waals surface area contributed by atoms with Crippen molar-refractivity contribution in [3.63, 3.8) is 0 Å². The predicted molar refractivity (Wildman–Crippen MR) is 163 cm³/mol. The van der Waals surface area contributed by atoms with Gasteiger partial charge in [0.25, 0.3) is 0 Å². The predicted octanol–water partition coefficient (Wildman–Crippen LogP) is 7.76. The molecule has 6 aromatic rings. The number of ketones is 4. The molecular formula is C38H24O4. The summed E-state index contributed by atoms with van der Waals surface area (Å²) in [5.41, 5.74) is 4.05. The van der Waals surface area contributed by atoms with E-state index in [0.29, 0.717) is 44.5 Å². The van der Waals surface area contributed by atoms with Gasteiger partial charge in [-0.25, -0.2) is 0 Å². The molecule has 0 spiro atoms. The highest BCUT2D eigenvalue weighted by molar-refractivity contribution is 6.29. The molecule has 0 fully saturated rings. The fourth-order valence-electron chi connectivity index (χ4n) is 5.23. The Morgan fingerprint density at radius 1 is 0.214 bits per heavy atom. The van der Waals surface area contributed by atoms with E-state index in [4.69, 9.17) is 0 Å². The van der Waals surface area contributed by atoms with Gasteiger partial charge in [-0.05, 0) is 10.8 Å². The first-order valence-electron chi connectivity index (χ1n) is 13.5. The van der Waals surface area contributed by atoms with E-state index >= 15 is 0 Å². The van der Waals surface area contributed by atoms with E-state index in [0.717, 1.165) is 0 Å². The smallest absolute Gasteiger partial charge is 0.194 e. The Bertz CT molecular complexity index is 1630. The van der Waals surface area contributed by atoms with Crippen molar-refractivity contribution in [2.24, 2.45) is 0 Å². The second-order valence-corrected chi connectivity index (χ2v) is 9.85. The van der Waals surface area contributed by atoms with Gasteiger partial charge in [0.15, 0.2) is 23.1 Å². The third-order valence-electron chi connectivity index (χ3n) is 7.32. The summed E-state index contributed by atoms with van der Waals surface area (Å²) in [7, 11) is 0. The van der Waals surface area contributed by atoms with Gasteiger partial charge in [0.05, 0.1) is 0 Å². The van der Waals surface area contributed by atoms with Crippen molar-refractivity contribution in [2.75, 3.05) is 0 Å². The second kappa shape index (κ2) is 11.4. The molecule has 200 valence electrons. The van der Waals surface area contributed by atoms with Crippen molar-refractivity contribution < 1.29 is 19.2 Å². The third kappa shape index (κ3) is 4.87. The summed E-state index contributed by atoms with van der Waals surface area (Å²) in [4.78, 5) is 48.4. The SMILES string of the molecule is O=C1c2ccccc2C(=O)c2ccccc21.O=C1c2ccccc2C(=O)c2ccccc21.c1ccc2ccccc2c1. The molecule has 0 amide bonds. The van der Waals surface area contributed by atoms with Gasteiger partial charge < -0.3 is 0 Å². The third-order valence-corrected chi connectivity index (χ3v) is 7.32. The Labute approximate surface area is 242 Å². The first kappa shape index (κ1) is 26.5. The molecule has 0 unspecified atom stereocenters. The Morgan fingerprint density at radius 2 is 0.357 bits per heavy atom. The fraction of sp³-hybridized carbons (Fsp3) is 0. The topological polar surface area (TPSA) is 68.3 Å². The minimum Gasteiger partial charge on any atom is -0.289 e. The lowest BCUT2D eigenvalue weighted by atomic mass is 9.84. The van der Waals surface area contributed by atoms with Crippen molar-refractivity contribution in [1.29, 1.82) is 0 Å². The van der Waals surface area contributed by atoms with Crippen LogP contribution in [0, 0.1) is 0 Å². The number of carbonyl (C=O) groups is 4. The van der Waals surface area contributed by atoms with Crippen LogP contribution < -0.4 is 0 Å². The van der Waals surface area contributed by atoms with Crippen LogP contribution in [-0.4, -0.2) is 23.1 Å². The Balaban J connectivity index is 0.000000116. The molecule has 0 aliphatic heterocycles. The average molecular weight is 545 g/mol. The van der Waals surface area contributed by atoms with Crippen LogP contribution in [0.3, 0.4) is 0 Å². The number of hydrogen-bond acceptors (Lipinski definition) is 4. The highest BCUT2D eigenvalue weighted by Crippen LogP contribution is 2.27. The van der Waals surface area contributed by atoms with Gasteiger partial charge >= 0.3 is 0 Å². The molecule has 2 aliphatic rings. The van der Waals surface area contributed by atoms with Crippen molar-refractivity contribution >= 4 is 33.9 Å². The molecule has 8 rings (SSSR count). The Kier molecular flexibility index (Phi) is 7.19. The molecule has 0 saturated carbocycles. The van der Waals surface area contributed by atoms with Crippen LogP contribution in [0.15, 0.2) is 146 Å². The molecule has 0 bridgehead atoms. The maximum absolute atomic E-state index is 12.1. The minimum atomic E-state index is -0.0641. The van der Waals surface area contributed by atoms with Gasteiger partial charge in [-0.15, -0.1) is 0 Å². The number of carbonyl (C=O) groups excluding carboxylic acids is 4. The lowest BCUT2D eigenvalue weighted by Crippen LogP contribution is -2.20. The van der Waals surface area contributed by atoms with Gasteiger partial charge in [-0.1, -0.05) is 146 Å². The molecule has 0 radical (unpaired) electrons. The zero-order valence-corrected chi connectivity index (χ0v) is 22.5. The number of benzene rings is 6. The molecule has 0 aromatic heterocycles. The molecule has 0 atom stereocenters. The van der Waals surface area contributed by atoms with Gasteiger partial charge in [0, 0.05) is 44.5 Å². The van der Waals surface area contributed by atoms with Crippen molar-refractivity contribution in [3.05, 3.63) is 190 Å². The largest absolute Gasteiger partial charge is 0.289 e. The van der Waals surface area contributed by atoms with Crippen molar-refractivity contribution in [2.45, 2.75) is 0 Å². The average Bonchev–Trinajstić information content (AvgIpc) is 3.07. The summed E-state index contributed by atoms with van der Waals surface area (Å²) in [6.45, 7) is 0. The first-order valence-corrected chi connectivity index (χ1v) is 13.5. The van der Waals surface area contributed by atoms with Crippen LogP contribution in [0.2, 0.25) is 0 Å². The van der Waals surface area contributed by atoms with Crippen molar-refractivity contribution in [3.8, 4) is 0 Å². The summed E-state index contributed by atoms with van der Waals surface area (Å²) in [5, 5.41) is 2.62. The molecule has 4 heteroatoms. The lowest BCUT2D eigenvalue weighted by molar-refractivity contribution is 0.0979. The van der Waals surface area contributed by atoms with Crippen molar-refractivity contribution in [1.82, 2.24) is 0 Å². The molecule has 0 N–H and O–H groups in total. The highest BCUT2D eigenvalue weighted by atomic mass is 16.1. The van der Waals surface area contributed by atoms with E-state index < -0.39 is 0 Å². The van der Waals surface area contributed by atoms with Crippen LogP contribution >= 0.6 is 0 Å². The molecule has 6 aromatic carbocycles. The van der Waals surface area contributed by atoms with E-state index in [1.54, 1.807) is 97.1 Å². The molecular weight excluding hydrogens is 520 g/mol. The quantitative estimate of drug-likeness (QED) is 0.196. The van der Waals surface area contributed by atoms with Crippen LogP contribution in [0.5, 0.6) is 0 Å². The molecule has 42 heavy (non-hydrogen) atoms. The summed E-state index contributed by atoms with van der Waals surface area (Å²) in [6.07, 6.45) is 0. The lowest BCUT2D eigenvalue weighted by Gasteiger charge is -2.16. The Hall–Kier alpha value is -5.74. The van der Waals surface area contributed by atoms with E-state index in [9.17, 15) is 19.2 Å². The summed E-state index contributed by atoms with van der Waals surface area (Å²) in [6, 6.07) is 44.5. The number of hydrogen-bond donors (Lipinski definition) is 0.